The lowest BCUT2D eigenvalue weighted by atomic mass is 9.90. The number of halogens is 6. The van der Waals surface area contributed by atoms with Gasteiger partial charge < -0.3 is 18.9 Å². The van der Waals surface area contributed by atoms with E-state index < -0.39 is 41.6 Å². The van der Waals surface area contributed by atoms with Gasteiger partial charge in [-0.1, -0.05) is 25.7 Å². The zero-order valence-corrected chi connectivity index (χ0v) is 28.2. The van der Waals surface area contributed by atoms with Crippen LogP contribution in [0.2, 0.25) is 0 Å². The molecule has 0 aliphatic carbocycles. The molecule has 0 aromatic heterocycles. The summed E-state index contributed by atoms with van der Waals surface area (Å²) in [6.07, 6.45) is 7.95. The number of rotatable bonds is 18. The Kier molecular flexibility index (Phi) is 15.4. The van der Waals surface area contributed by atoms with Gasteiger partial charge in [0.25, 0.3) is 6.08 Å². The second kappa shape index (κ2) is 19.5. The fourth-order valence-corrected chi connectivity index (χ4v) is 6.89. The van der Waals surface area contributed by atoms with Crippen molar-refractivity contribution in [2.45, 2.75) is 116 Å². The Hall–Kier alpha value is -2.72. The average Bonchev–Trinajstić information content (AvgIpc) is 3.08. The van der Waals surface area contributed by atoms with Crippen molar-refractivity contribution in [1.82, 2.24) is 0 Å². The minimum absolute atomic E-state index is 0.0969. The minimum atomic E-state index is -1.57. The monoisotopic (exact) mass is 684 g/mol. The first-order valence-corrected chi connectivity index (χ1v) is 17.7. The summed E-state index contributed by atoms with van der Waals surface area (Å²) in [6.45, 7) is 4.87. The Morgan fingerprint density at radius 3 is 1.40 bits per heavy atom. The topological polar surface area (TPSA) is 36.9 Å². The normalized spacial score (nSPS) is 21.2. The van der Waals surface area contributed by atoms with Crippen LogP contribution < -0.4 is 9.47 Å². The van der Waals surface area contributed by atoms with Crippen LogP contribution in [0.1, 0.15) is 127 Å². The van der Waals surface area contributed by atoms with E-state index in [1.807, 2.05) is 0 Å². The number of hydrogen-bond donors (Lipinski definition) is 0. The van der Waals surface area contributed by atoms with Crippen LogP contribution in [0, 0.1) is 35.1 Å². The fourth-order valence-electron chi connectivity index (χ4n) is 6.89. The van der Waals surface area contributed by atoms with Crippen molar-refractivity contribution < 1.29 is 45.3 Å². The van der Waals surface area contributed by atoms with Crippen LogP contribution in [0.15, 0.2) is 35.9 Å². The van der Waals surface area contributed by atoms with Gasteiger partial charge in [0, 0.05) is 11.1 Å². The summed E-state index contributed by atoms with van der Waals surface area (Å²) in [7, 11) is 0. The largest absolute Gasteiger partial charge is 0.491 e. The summed E-state index contributed by atoms with van der Waals surface area (Å²) in [6, 6.07) is 5.95. The molecule has 10 heteroatoms. The summed E-state index contributed by atoms with van der Waals surface area (Å²) in [5.41, 5.74) is 0.684. The van der Waals surface area contributed by atoms with E-state index in [2.05, 4.69) is 0 Å². The highest BCUT2D eigenvalue weighted by Crippen LogP contribution is 2.38. The highest BCUT2D eigenvalue weighted by atomic mass is 19.3. The van der Waals surface area contributed by atoms with Gasteiger partial charge in [-0.25, -0.2) is 8.78 Å². The van der Waals surface area contributed by atoms with Crippen molar-refractivity contribution in [3.8, 4) is 11.5 Å². The Morgan fingerprint density at radius 2 is 1.04 bits per heavy atom. The van der Waals surface area contributed by atoms with Crippen molar-refractivity contribution in [3.63, 3.8) is 0 Å². The maximum Gasteiger partial charge on any atom is 0.269 e. The molecule has 4 unspecified atom stereocenters. The maximum absolute atomic E-state index is 14.6. The third-order valence-corrected chi connectivity index (χ3v) is 9.64. The van der Waals surface area contributed by atoms with Crippen molar-refractivity contribution in [3.05, 3.63) is 70.3 Å². The van der Waals surface area contributed by atoms with Crippen molar-refractivity contribution in [1.29, 1.82) is 0 Å². The van der Waals surface area contributed by atoms with E-state index in [1.54, 1.807) is 13.8 Å². The van der Waals surface area contributed by atoms with Gasteiger partial charge >= 0.3 is 0 Å². The number of benzene rings is 2. The molecule has 2 aromatic rings. The van der Waals surface area contributed by atoms with Gasteiger partial charge in [-0.05, 0) is 120 Å². The second-order valence-corrected chi connectivity index (χ2v) is 13.0. The lowest BCUT2D eigenvalue weighted by Crippen LogP contribution is -2.21. The molecule has 4 nitrogen and oxygen atoms in total. The van der Waals surface area contributed by atoms with Gasteiger partial charge in [0.05, 0.1) is 38.6 Å². The molecular weight excluding hydrogens is 634 g/mol. The van der Waals surface area contributed by atoms with E-state index in [9.17, 15) is 26.3 Å². The molecular formula is C38H50F6O4. The van der Waals surface area contributed by atoms with Gasteiger partial charge in [0.1, 0.15) is 0 Å². The molecule has 48 heavy (non-hydrogen) atoms. The predicted octanol–water partition coefficient (Wildman–Crippen LogP) is 11.7. The number of unbranched alkanes of at least 4 members (excludes halogenated alkanes) is 4. The Labute approximate surface area is 281 Å². The van der Waals surface area contributed by atoms with E-state index >= 15 is 0 Å². The molecule has 2 aliphatic rings. The smallest absolute Gasteiger partial charge is 0.269 e. The molecule has 0 amide bonds. The Morgan fingerprint density at radius 1 is 0.604 bits per heavy atom. The fraction of sp³-hybridized carbons (Fsp3) is 0.632. The number of allylic oxidation sites excluding steroid dienone is 1. The zero-order chi connectivity index (χ0) is 34.5. The van der Waals surface area contributed by atoms with Gasteiger partial charge in [-0.15, -0.1) is 0 Å². The molecule has 0 saturated carbocycles. The highest BCUT2D eigenvalue weighted by molar-refractivity contribution is 5.33. The first-order valence-electron chi connectivity index (χ1n) is 17.7. The summed E-state index contributed by atoms with van der Waals surface area (Å²) < 4.78 is 107. The van der Waals surface area contributed by atoms with Crippen LogP contribution in [-0.4, -0.2) is 26.4 Å². The van der Waals surface area contributed by atoms with Gasteiger partial charge in [0.15, 0.2) is 23.1 Å². The molecule has 0 spiro atoms. The van der Waals surface area contributed by atoms with Crippen molar-refractivity contribution in [2.24, 2.45) is 11.8 Å². The summed E-state index contributed by atoms with van der Waals surface area (Å²) >= 11 is 0. The molecule has 2 aromatic carbocycles. The zero-order valence-electron chi connectivity index (χ0n) is 28.2. The van der Waals surface area contributed by atoms with E-state index in [1.165, 1.54) is 24.3 Å². The number of ether oxygens (including phenoxy) is 4. The second-order valence-electron chi connectivity index (χ2n) is 13.0. The Balaban J connectivity index is 1.05. The molecule has 4 atom stereocenters. The van der Waals surface area contributed by atoms with Crippen molar-refractivity contribution >= 4 is 0 Å². The predicted molar refractivity (Wildman–Crippen MR) is 173 cm³/mol. The minimum Gasteiger partial charge on any atom is -0.491 e. The van der Waals surface area contributed by atoms with Crippen molar-refractivity contribution in [2.75, 3.05) is 26.4 Å². The van der Waals surface area contributed by atoms with E-state index in [0.29, 0.717) is 63.6 Å². The molecule has 0 bridgehead atoms. The Bertz CT molecular complexity index is 1220. The van der Waals surface area contributed by atoms with E-state index in [0.717, 1.165) is 51.4 Å². The SMILES string of the molecule is CCOc1ccc(C2CCC(CCCCCC(CCCCCC3CCC(c4ccc(OCC)c(F)c4F)OC3)=C(F)F)CO2)c(F)c1F. The summed E-state index contributed by atoms with van der Waals surface area (Å²) in [4.78, 5) is 0. The lowest BCUT2D eigenvalue weighted by Gasteiger charge is -2.29. The quantitative estimate of drug-likeness (QED) is 0.116. The van der Waals surface area contributed by atoms with Crippen LogP contribution in [0.3, 0.4) is 0 Å². The van der Waals surface area contributed by atoms with Crippen LogP contribution in [0.25, 0.3) is 0 Å². The van der Waals surface area contributed by atoms with Crippen LogP contribution in [0.4, 0.5) is 26.3 Å². The molecule has 2 aliphatic heterocycles. The van der Waals surface area contributed by atoms with Gasteiger partial charge in [-0.3, -0.25) is 0 Å². The highest BCUT2D eigenvalue weighted by Gasteiger charge is 2.28. The van der Waals surface area contributed by atoms with Gasteiger partial charge in [-0.2, -0.15) is 17.6 Å². The van der Waals surface area contributed by atoms with Gasteiger partial charge in [0.2, 0.25) is 11.6 Å². The number of hydrogen-bond acceptors (Lipinski definition) is 4. The first kappa shape index (κ1) is 38.1. The molecule has 0 N–H and O–H groups in total. The molecule has 268 valence electrons. The summed E-state index contributed by atoms with van der Waals surface area (Å²) in [5, 5.41) is 0. The third kappa shape index (κ3) is 10.6. The maximum atomic E-state index is 14.6. The molecule has 2 saturated heterocycles. The van der Waals surface area contributed by atoms with Crippen LogP contribution in [-0.2, 0) is 9.47 Å². The third-order valence-electron chi connectivity index (χ3n) is 9.64. The molecule has 2 heterocycles. The van der Waals surface area contributed by atoms with E-state index in [4.69, 9.17) is 18.9 Å². The average molecular weight is 685 g/mol. The molecule has 0 radical (unpaired) electrons. The summed E-state index contributed by atoms with van der Waals surface area (Å²) in [5.74, 6) is -3.35. The first-order chi connectivity index (χ1) is 23.2. The van der Waals surface area contributed by atoms with Crippen LogP contribution >= 0.6 is 0 Å². The molecule has 2 fully saturated rings. The van der Waals surface area contributed by atoms with Crippen LogP contribution in [0.5, 0.6) is 11.5 Å². The van der Waals surface area contributed by atoms with E-state index in [-0.39, 0.29) is 41.4 Å². The molecule has 4 rings (SSSR count). The standard InChI is InChI=1S/C38H50F6O4/c1-3-45-32-21-17-28(34(39)36(32)41)30-19-15-25(23-47-30)11-7-5-9-13-27(38(43)44)14-10-6-8-12-26-16-20-31(48-24-26)29-18-22-33(46-4-2)37(42)35(29)40/h17-18,21-22,25-26,30-31H,3-16,19-20,23-24H2,1-2H3. The lowest BCUT2D eigenvalue weighted by molar-refractivity contribution is -0.0219.